The van der Waals surface area contributed by atoms with E-state index >= 15 is 0 Å². The van der Waals surface area contributed by atoms with Gasteiger partial charge in [-0.15, -0.1) is 0 Å². The molecule has 0 aliphatic heterocycles. The first-order valence-electron chi connectivity index (χ1n) is 6.40. The standard InChI is InChI=1S/C12H25N3S/c1-3-13-12(14-9-6-10-16-2)15-11-7-4-5-8-11/h11H,3-10H2,1-2H3,(H2,13,14,15). The van der Waals surface area contributed by atoms with Crippen LogP contribution in [0.4, 0.5) is 0 Å². The number of hydrogen-bond donors (Lipinski definition) is 2. The first-order valence-corrected chi connectivity index (χ1v) is 7.80. The van der Waals surface area contributed by atoms with Crippen LogP contribution >= 0.6 is 11.8 Å². The molecule has 1 aliphatic carbocycles. The van der Waals surface area contributed by atoms with Crippen molar-refractivity contribution in [2.24, 2.45) is 4.99 Å². The van der Waals surface area contributed by atoms with Gasteiger partial charge in [-0.1, -0.05) is 12.8 Å². The monoisotopic (exact) mass is 243 g/mol. The van der Waals surface area contributed by atoms with Gasteiger partial charge in [0.15, 0.2) is 5.96 Å². The Kier molecular flexibility index (Phi) is 7.47. The lowest BCUT2D eigenvalue weighted by atomic mass is 10.2. The van der Waals surface area contributed by atoms with Crippen LogP contribution in [0.1, 0.15) is 39.0 Å². The minimum Gasteiger partial charge on any atom is -0.357 e. The van der Waals surface area contributed by atoms with E-state index in [-0.39, 0.29) is 0 Å². The predicted molar refractivity (Wildman–Crippen MR) is 74.4 cm³/mol. The van der Waals surface area contributed by atoms with Crippen LogP contribution in [-0.4, -0.2) is 37.1 Å². The molecule has 0 aromatic rings. The Balaban J connectivity index is 2.27. The number of thioether (sulfide) groups is 1. The Hall–Kier alpha value is -0.380. The van der Waals surface area contributed by atoms with Crippen molar-refractivity contribution in [3.8, 4) is 0 Å². The van der Waals surface area contributed by atoms with Crippen LogP contribution in [0, 0.1) is 0 Å². The molecule has 1 saturated carbocycles. The zero-order valence-corrected chi connectivity index (χ0v) is 11.4. The molecule has 1 aliphatic rings. The zero-order valence-electron chi connectivity index (χ0n) is 10.6. The van der Waals surface area contributed by atoms with Crippen molar-refractivity contribution in [3.63, 3.8) is 0 Å². The van der Waals surface area contributed by atoms with Crippen LogP contribution in [0.5, 0.6) is 0 Å². The first kappa shape index (κ1) is 13.7. The van der Waals surface area contributed by atoms with Crippen molar-refractivity contribution in [2.45, 2.75) is 45.1 Å². The molecule has 94 valence electrons. The van der Waals surface area contributed by atoms with E-state index < -0.39 is 0 Å². The molecule has 0 radical (unpaired) electrons. The van der Waals surface area contributed by atoms with Gasteiger partial charge in [0.2, 0.25) is 0 Å². The summed E-state index contributed by atoms with van der Waals surface area (Å²) < 4.78 is 0. The molecule has 1 rings (SSSR count). The molecule has 0 saturated heterocycles. The molecule has 2 N–H and O–H groups in total. The van der Waals surface area contributed by atoms with Crippen molar-refractivity contribution < 1.29 is 0 Å². The second-order valence-electron chi connectivity index (χ2n) is 4.23. The highest BCUT2D eigenvalue weighted by molar-refractivity contribution is 7.98. The van der Waals surface area contributed by atoms with E-state index in [1.807, 2.05) is 11.8 Å². The molecule has 1 fully saturated rings. The minimum absolute atomic E-state index is 0.651. The first-order chi connectivity index (χ1) is 7.86. The molecule has 16 heavy (non-hydrogen) atoms. The lowest BCUT2D eigenvalue weighted by molar-refractivity contribution is 0.613. The number of nitrogens with zero attached hydrogens (tertiary/aromatic N) is 1. The highest BCUT2D eigenvalue weighted by atomic mass is 32.2. The van der Waals surface area contributed by atoms with Crippen molar-refractivity contribution >= 4 is 17.7 Å². The van der Waals surface area contributed by atoms with E-state index in [0.717, 1.165) is 19.0 Å². The minimum atomic E-state index is 0.651. The Morgan fingerprint density at radius 1 is 1.38 bits per heavy atom. The van der Waals surface area contributed by atoms with E-state index in [2.05, 4.69) is 28.8 Å². The molecule has 0 aromatic carbocycles. The number of rotatable bonds is 6. The smallest absolute Gasteiger partial charge is 0.191 e. The fraction of sp³-hybridized carbons (Fsp3) is 0.917. The molecule has 0 bridgehead atoms. The summed E-state index contributed by atoms with van der Waals surface area (Å²) in [6.07, 6.45) is 8.64. The summed E-state index contributed by atoms with van der Waals surface area (Å²) >= 11 is 1.89. The lowest BCUT2D eigenvalue weighted by Crippen LogP contribution is -2.42. The SMILES string of the molecule is CCNC(=NCCCSC)NC1CCCC1. The fourth-order valence-electron chi connectivity index (χ4n) is 1.98. The number of guanidine groups is 1. The third-order valence-corrected chi connectivity index (χ3v) is 3.51. The lowest BCUT2D eigenvalue weighted by Gasteiger charge is -2.16. The average molecular weight is 243 g/mol. The fourth-order valence-corrected chi connectivity index (χ4v) is 2.40. The van der Waals surface area contributed by atoms with E-state index in [4.69, 9.17) is 0 Å². The Morgan fingerprint density at radius 2 is 2.12 bits per heavy atom. The molecular weight excluding hydrogens is 218 g/mol. The quantitative estimate of drug-likeness (QED) is 0.427. The van der Waals surface area contributed by atoms with Gasteiger partial charge in [0, 0.05) is 19.1 Å². The van der Waals surface area contributed by atoms with Crippen LogP contribution in [-0.2, 0) is 0 Å². The van der Waals surface area contributed by atoms with Crippen LogP contribution < -0.4 is 10.6 Å². The summed E-state index contributed by atoms with van der Waals surface area (Å²) in [5.41, 5.74) is 0. The molecule has 0 spiro atoms. The summed E-state index contributed by atoms with van der Waals surface area (Å²) in [4.78, 5) is 4.60. The summed E-state index contributed by atoms with van der Waals surface area (Å²) in [5, 5.41) is 6.84. The maximum Gasteiger partial charge on any atom is 0.191 e. The van der Waals surface area contributed by atoms with Crippen molar-refractivity contribution in [1.82, 2.24) is 10.6 Å². The zero-order chi connectivity index (χ0) is 11.6. The van der Waals surface area contributed by atoms with Gasteiger partial charge in [0.05, 0.1) is 0 Å². The summed E-state index contributed by atoms with van der Waals surface area (Å²) in [7, 11) is 0. The van der Waals surface area contributed by atoms with Gasteiger partial charge in [0.25, 0.3) is 0 Å². The topological polar surface area (TPSA) is 36.4 Å². The molecule has 0 atom stereocenters. The van der Waals surface area contributed by atoms with Crippen LogP contribution in [0.2, 0.25) is 0 Å². The molecule has 3 nitrogen and oxygen atoms in total. The largest absolute Gasteiger partial charge is 0.357 e. The van der Waals surface area contributed by atoms with E-state index in [9.17, 15) is 0 Å². The van der Waals surface area contributed by atoms with Gasteiger partial charge >= 0.3 is 0 Å². The second-order valence-corrected chi connectivity index (χ2v) is 5.22. The van der Waals surface area contributed by atoms with Crippen molar-refractivity contribution in [1.29, 1.82) is 0 Å². The maximum absolute atomic E-state index is 4.60. The average Bonchev–Trinajstić information content (AvgIpc) is 2.77. The normalized spacial score (nSPS) is 17.8. The molecule has 0 amide bonds. The van der Waals surface area contributed by atoms with Crippen LogP contribution in [0.15, 0.2) is 4.99 Å². The summed E-state index contributed by atoms with van der Waals surface area (Å²) in [6.45, 7) is 4.00. The van der Waals surface area contributed by atoms with Crippen LogP contribution in [0.3, 0.4) is 0 Å². The summed E-state index contributed by atoms with van der Waals surface area (Å²) in [6, 6.07) is 0.651. The Labute approximate surface area is 104 Å². The molecule has 0 heterocycles. The Morgan fingerprint density at radius 3 is 2.75 bits per heavy atom. The van der Waals surface area contributed by atoms with E-state index in [1.165, 1.54) is 37.9 Å². The highest BCUT2D eigenvalue weighted by Gasteiger charge is 2.15. The predicted octanol–water partition coefficient (Wildman–Crippen LogP) is 2.24. The number of aliphatic imine (C=N–C) groups is 1. The van der Waals surface area contributed by atoms with Crippen LogP contribution in [0.25, 0.3) is 0 Å². The third kappa shape index (κ3) is 5.64. The molecular formula is C12H25N3S. The van der Waals surface area contributed by atoms with E-state index in [1.54, 1.807) is 0 Å². The third-order valence-electron chi connectivity index (χ3n) is 2.82. The van der Waals surface area contributed by atoms with Gasteiger partial charge in [-0.25, -0.2) is 0 Å². The van der Waals surface area contributed by atoms with Gasteiger partial charge < -0.3 is 10.6 Å². The molecule has 0 aromatic heterocycles. The van der Waals surface area contributed by atoms with Gasteiger partial charge in [-0.2, -0.15) is 11.8 Å². The highest BCUT2D eigenvalue weighted by Crippen LogP contribution is 2.17. The van der Waals surface area contributed by atoms with Crippen molar-refractivity contribution in [2.75, 3.05) is 25.1 Å². The second kappa shape index (κ2) is 8.74. The summed E-state index contributed by atoms with van der Waals surface area (Å²) in [5.74, 6) is 2.21. The van der Waals surface area contributed by atoms with Gasteiger partial charge in [0.1, 0.15) is 0 Å². The van der Waals surface area contributed by atoms with Gasteiger partial charge in [-0.3, -0.25) is 4.99 Å². The Bertz CT molecular complexity index is 200. The maximum atomic E-state index is 4.60. The van der Waals surface area contributed by atoms with Crippen molar-refractivity contribution in [3.05, 3.63) is 0 Å². The molecule has 0 unspecified atom stereocenters. The van der Waals surface area contributed by atoms with E-state index in [0.29, 0.717) is 6.04 Å². The molecule has 4 heteroatoms. The number of nitrogens with one attached hydrogen (secondary N) is 2. The van der Waals surface area contributed by atoms with Gasteiger partial charge in [-0.05, 0) is 38.2 Å². The number of hydrogen-bond acceptors (Lipinski definition) is 2.